The summed E-state index contributed by atoms with van der Waals surface area (Å²) in [6, 6.07) is 23.9. The predicted molar refractivity (Wildman–Crippen MR) is 112 cm³/mol. The summed E-state index contributed by atoms with van der Waals surface area (Å²) in [5.74, 6) is -1.67. The number of hydrogen-bond donors (Lipinski definition) is 1. The Morgan fingerprint density at radius 2 is 1.67 bits per heavy atom. The van der Waals surface area contributed by atoms with Crippen LogP contribution in [0.3, 0.4) is 0 Å². The van der Waals surface area contributed by atoms with E-state index in [1.165, 1.54) is 18.2 Å². The van der Waals surface area contributed by atoms with E-state index in [1.54, 1.807) is 24.3 Å². The van der Waals surface area contributed by atoms with Gasteiger partial charge in [-0.15, -0.1) is 0 Å². The number of carbonyl (C=O) groups excluding carboxylic acids is 2. The highest BCUT2D eigenvalue weighted by atomic mass is 19.1. The van der Waals surface area contributed by atoms with Crippen molar-refractivity contribution in [2.24, 2.45) is 0 Å². The van der Waals surface area contributed by atoms with Gasteiger partial charge in [-0.05, 0) is 30.3 Å². The maximum Gasteiger partial charge on any atom is 0.339 e. The summed E-state index contributed by atoms with van der Waals surface area (Å²) in [5.41, 5.74) is 2.75. The number of carbonyl (C=O) groups is 2. The molecule has 1 aromatic heterocycles. The smallest absolute Gasteiger partial charge is 0.339 e. The van der Waals surface area contributed by atoms with E-state index in [2.05, 4.69) is 10.3 Å². The zero-order chi connectivity index (χ0) is 20.9. The van der Waals surface area contributed by atoms with Crippen LogP contribution in [0.15, 0.2) is 84.9 Å². The molecule has 6 heteroatoms. The number of para-hydroxylation sites is 1. The fraction of sp³-hybridized carbons (Fsp3) is 0.0417. The first kappa shape index (κ1) is 19.3. The van der Waals surface area contributed by atoms with E-state index in [0.29, 0.717) is 22.2 Å². The number of rotatable bonds is 5. The minimum Gasteiger partial charge on any atom is -0.452 e. The molecule has 148 valence electrons. The van der Waals surface area contributed by atoms with Crippen LogP contribution < -0.4 is 5.32 Å². The summed E-state index contributed by atoms with van der Waals surface area (Å²) < 4.78 is 18.5. The van der Waals surface area contributed by atoms with Crippen LogP contribution in [0.2, 0.25) is 0 Å². The number of anilines is 1. The average Bonchev–Trinajstić information content (AvgIpc) is 2.77. The van der Waals surface area contributed by atoms with Gasteiger partial charge in [-0.2, -0.15) is 0 Å². The van der Waals surface area contributed by atoms with Crippen molar-refractivity contribution in [3.8, 4) is 11.3 Å². The van der Waals surface area contributed by atoms with Crippen LogP contribution in [0, 0.1) is 5.82 Å². The zero-order valence-electron chi connectivity index (χ0n) is 15.8. The molecule has 1 heterocycles. The van der Waals surface area contributed by atoms with Gasteiger partial charge in [0.25, 0.3) is 5.91 Å². The number of esters is 1. The van der Waals surface area contributed by atoms with Crippen LogP contribution in [0.25, 0.3) is 22.2 Å². The number of fused-ring (bicyclic) bond motifs is 1. The fourth-order valence-corrected chi connectivity index (χ4v) is 3.07. The second-order valence-corrected chi connectivity index (χ2v) is 6.57. The summed E-state index contributed by atoms with van der Waals surface area (Å²) >= 11 is 0. The number of aromatic nitrogens is 1. The Morgan fingerprint density at radius 3 is 2.47 bits per heavy atom. The van der Waals surface area contributed by atoms with Gasteiger partial charge < -0.3 is 10.1 Å². The van der Waals surface area contributed by atoms with E-state index in [0.717, 1.165) is 5.56 Å². The average molecular weight is 400 g/mol. The van der Waals surface area contributed by atoms with E-state index in [4.69, 9.17) is 4.74 Å². The Bertz CT molecular complexity index is 1230. The van der Waals surface area contributed by atoms with Crippen LogP contribution >= 0.6 is 0 Å². The van der Waals surface area contributed by atoms with Crippen molar-refractivity contribution >= 4 is 28.5 Å². The molecule has 30 heavy (non-hydrogen) atoms. The van der Waals surface area contributed by atoms with Crippen molar-refractivity contribution in [1.29, 1.82) is 0 Å². The van der Waals surface area contributed by atoms with Gasteiger partial charge in [0.1, 0.15) is 5.82 Å². The van der Waals surface area contributed by atoms with Crippen LogP contribution in [0.5, 0.6) is 0 Å². The fourth-order valence-electron chi connectivity index (χ4n) is 3.07. The van der Waals surface area contributed by atoms with Crippen molar-refractivity contribution in [2.45, 2.75) is 0 Å². The van der Waals surface area contributed by atoms with Crippen molar-refractivity contribution in [3.05, 3.63) is 96.3 Å². The molecule has 0 saturated carbocycles. The number of nitrogens with zero attached hydrogens (tertiary/aromatic N) is 1. The zero-order valence-corrected chi connectivity index (χ0v) is 15.8. The topological polar surface area (TPSA) is 68.3 Å². The molecule has 4 rings (SSSR count). The molecule has 0 unspecified atom stereocenters. The number of nitrogens with one attached hydrogen (secondary N) is 1. The third kappa shape index (κ3) is 4.33. The molecule has 4 aromatic rings. The number of pyridine rings is 1. The molecular weight excluding hydrogens is 383 g/mol. The second kappa shape index (κ2) is 8.53. The highest BCUT2D eigenvalue weighted by Crippen LogP contribution is 2.25. The van der Waals surface area contributed by atoms with Gasteiger partial charge in [0, 0.05) is 16.6 Å². The van der Waals surface area contributed by atoms with Crippen LogP contribution in [-0.4, -0.2) is 23.5 Å². The molecule has 0 aliphatic heterocycles. The largest absolute Gasteiger partial charge is 0.452 e. The Balaban J connectivity index is 1.56. The predicted octanol–water partition coefficient (Wildman–Crippen LogP) is 4.84. The third-order valence-corrected chi connectivity index (χ3v) is 4.45. The maximum atomic E-state index is 13.2. The first-order valence-corrected chi connectivity index (χ1v) is 9.28. The lowest BCUT2D eigenvalue weighted by molar-refractivity contribution is -0.119. The van der Waals surface area contributed by atoms with E-state index < -0.39 is 24.3 Å². The molecule has 0 saturated heterocycles. The Hall–Kier alpha value is -4.06. The highest BCUT2D eigenvalue weighted by Gasteiger charge is 2.16. The van der Waals surface area contributed by atoms with Gasteiger partial charge in [0.05, 0.1) is 16.8 Å². The first-order valence-electron chi connectivity index (χ1n) is 9.28. The number of halogens is 1. The van der Waals surface area contributed by atoms with E-state index in [9.17, 15) is 14.0 Å². The number of hydrogen-bond acceptors (Lipinski definition) is 4. The van der Waals surface area contributed by atoms with Crippen molar-refractivity contribution in [2.75, 3.05) is 11.9 Å². The lowest BCUT2D eigenvalue weighted by Crippen LogP contribution is -2.21. The summed E-state index contributed by atoms with van der Waals surface area (Å²) in [6.45, 7) is -0.493. The van der Waals surface area contributed by atoms with Crippen molar-refractivity contribution in [1.82, 2.24) is 4.98 Å². The standard InChI is InChI=1S/C24H17FN2O3/c25-17-9-6-10-18(13-17)26-23(28)15-30-24(29)20-14-22(16-7-2-1-3-8-16)27-21-12-5-4-11-19(20)21/h1-14H,15H2,(H,26,28). The normalized spacial score (nSPS) is 10.6. The molecule has 0 aliphatic carbocycles. The Kier molecular flexibility index (Phi) is 5.48. The number of benzene rings is 3. The van der Waals surface area contributed by atoms with Crippen molar-refractivity contribution < 1.29 is 18.7 Å². The van der Waals surface area contributed by atoms with E-state index in [1.807, 2.05) is 42.5 Å². The summed E-state index contributed by atoms with van der Waals surface area (Å²) in [7, 11) is 0. The molecule has 1 amide bonds. The summed E-state index contributed by atoms with van der Waals surface area (Å²) in [6.07, 6.45) is 0. The van der Waals surface area contributed by atoms with Gasteiger partial charge in [0.15, 0.2) is 6.61 Å². The van der Waals surface area contributed by atoms with Crippen molar-refractivity contribution in [3.63, 3.8) is 0 Å². The molecule has 0 bridgehead atoms. The number of ether oxygens (including phenoxy) is 1. The quantitative estimate of drug-likeness (QED) is 0.487. The van der Waals surface area contributed by atoms with Gasteiger partial charge in [-0.1, -0.05) is 54.6 Å². The molecule has 0 fully saturated rings. The van der Waals surface area contributed by atoms with Gasteiger partial charge in [-0.25, -0.2) is 14.2 Å². The van der Waals surface area contributed by atoms with E-state index >= 15 is 0 Å². The molecule has 5 nitrogen and oxygen atoms in total. The van der Waals surface area contributed by atoms with Gasteiger partial charge in [0.2, 0.25) is 0 Å². The van der Waals surface area contributed by atoms with Crippen LogP contribution in [0.4, 0.5) is 10.1 Å². The lowest BCUT2D eigenvalue weighted by Gasteiger charge is -2.10. The number of amides is 1. The molecule has 0 atom stereocenters. The molecule has 1 N–H and O–H groups in total. The van der Waals surface area contributed by atoms with Crippen LogP contribution in [0.1, 0.15) is 10.4 Å². The SMILES string of the molecule is O=C(COC(=O)c1cc(-c2ccccc2)nc2ccccc12)Nc1cccc(F)c1. The minimum absolute atomic E-state index is 0.289. The summed E-state index contributed by atoms with van der Waals surface area (Å²) in [4.78, 5) is 29.5. The molecular formula is C24H17FN2O3. The molecule has 3 aromatic carbocycles. The Labute approximate surface area is 172 Å². The van der Waals surface area contributed by atoms with E-state index in [-0.39, 0.29) is 5.69 Å². The second-order valence-electron chi connectivity index (χ2n) is 6.57. The lowest BCUT2D eigenvalue weighted by atomic mass is 10.0. The highest BCUT2D eigenvalue weighted by molar-refractivity contribution is 6.05. The third-order valence-electron chi connectivity index (χ3n) is 4.45. The monoisotopic (exact) mass is 400 g/mol. The molecule has 0 spiro atoms. The maximum absolute atomic E-state index is 13.2. The van der Waals surface area contributed by atoms with Crippen LogP contribution in [-0.2, 0) is 9.53 Å². The van der Waals surface area contributed by atoms with Gasteiger partial charge >= 0.3 is 5.97 Å². The molecule has 0 radical (unpaired) electrons. The summed E-state index contributed by atoms with van der Waals surface area (Å²) in [5, 5.41) is 3.13. The Morgan fingerprint density at radius 1 is 0.900 bits per heavy atom. The molecule has 0 aliphatic rings. The first-order chi connectivity index (χ1) is 14.6. The minimum atomic E-state index is -0.639. The van der Waals surface area contributed by atoms with Gasteiger partial charge in [-0.3, -0.25) is 4.79 Å².